The van der Waals surface area contributed by atoms with E-state index >= 15 is 0 Å². The summed E-state index contributed by atoms with van der Waals surface area (Å²) in [5.74, 6) is -0.958. The molecule has 0 atom stereocenters. The van der Waals surface area contributed by atoms with Crippen LogP contribution in [0.25, 0.3) is 11.0 Å². The first kappa shape index (κ1) is 18.4. The fraction of sp³-hybridized carbons (Fsp3) is 0.0588. The van der Waals surface area contributed by atoms with Gasteiger partial charge in [0.2, 0.25) is 21.9 Å². The van der Waals surface area contributed by atoms with Crippen molar-refractivity contribution < 1.29 is 26.8 Å². The Balaban J connectivity index is 2.21. The minimum absolute atomic E-state index is 0.00670. The molecule has 1 heterocycles. The van der Waals surface area contributed by atoms with Crippen LogP contribution in [0.3, 0.4) is 0 Å². The van der Waals surface area contributed by atoms with Crippen LogP contribution in [-0.2, 0) is 14.8 Å². The number of carbonyl (C=O) groups excluding carboxylic acids is 1. The Hall–Kier alpha value is -3.40. The molecule has 0 aliphatic carbocycles. The number of sulfonamides is 1. The van der Waals surface area contributed by atoms with Crippen molar-refractivity contribution in [3.05, 3.63) is 58.7 Å². The molecule has 140 valence electrons. The molecule has 2 aromatic carbocycles. The number of fused-ring (bicyclic) bond motifs is 1. The van der Waals surface area contributed by atoms with Crippen molar-refractivity contribution in [1.82, 2.24) is 0 Å². The summed E-state index contributed by atoms with van der Waals surface area (Å²) in [6.45, 7) is 0. The minimum atomic E-state index is -3.70. The topological polar surface area (TPSA) is 115 Å². The number of ether oxygens (including phenoxy) is 1. The predicted molar refractivity (Wildman–Crippen MR) is 97.1 cm³/mol. The third kappa shape index (κ3) is 4.06. The number of benzene rings is 2. The second kappa shape index (κ2) is 7.08. The van der Waals surface area contributed by atoms with Crippen LogP contribution < -0.4 is 20.2 Å². The zero-order valence-corrected chi connectivity index (χ0v) is 14.7. The van der Waals surface area contributed by atoms with Crippen LogP contribution in [0.2, 0.25) is 0 Å². The van der Waals surface area contributed by atoms with Gasteiger partial charge in [-0.15, -0.1) is 0 Å². The van der Waals surface area contributed by atoms with Gasteiger partial charge in [0.25, 0.3) is 0 Å². The summed E-state index contributed by atoms with van der Waals surface area (Å²) in [7, 11) is -3.70. The highest BCUT2D eigenvalue weighted by Gasteiger charge is 2.16. The number of rotatable bonds is 6. The van der Waals surface area contributed by atoms with Gasteiger partial charge in [0.15, 0.2) is 17.3 Å². The van der Waals surface area contributed by atoms with Gasteiger partial charge in [-0.2, -0.15) is 0 Å². The second-order valence-corrected chi connectivity index (χ2v) is 7.24. The lowest BCUT2D eigenvalue weighted by molar-refractivity contribution is -0.105. The van der Waals surface area contributed by atoms with Gasteiger partial charge >= 0.3 is 0 Å². The maximum absolute atomic E-state index is 13.9. The fourth-order valence-electron chi connectivity index (χ4n) is 2.33. The van der Waals surface area contributed by atoms with E-state index in [9.17, 15) is 22.4 Å². The molecule has 27 heavy (non-hydrogen) atoms. The second-order valence-electron chi connectivity index (χ2n) is 5.49. The first-order chi connectivity index (χ1) is 12.8. The van der Waals surface area contributed by atoms with Gasteiger partial charge in [0.05, 0.1) is 17.3 Å². The van der Waals surface area contributed by atoms with Crippen molar-refractivity contribution in [3.63, 3.8) is 0 Å². The van der Waals surface area contributed by atoms with E-state index in [2.05, 4.69) is 10.0 Å². The van der Waals surface area contributed by atoms with Gasteiger partial charge in [0.1, 0.15) is 17.5 Å². The number of hydrogen-bond donors (Lipinski definition) is 2. The first-order valence-corrected chi connectivity index (χ1v) is 9.37. The van der Waals surface area contributed by atoms with E-state index in [1.54, 1.807) is 0 Å². The smallest absolute Gasteiger partial charge is 0.229 e. The lowest BCUT2D eigenvalue weighted by atomic mass is 10.2. The van der Waals surface area contributed by atoms with E-state index in [1.165, 1.54) is 36.4 Å². The molecule has 0 radical (unpaired) electrons. The summed E-state index contributed by atoms with van der Waals surface area (Å²) in [6.07, 6.45) is 2.27. The molecule has 2 N–H and O–H groups in total. The molecule has 3 aromatic rings. The van der Waals surface area contributed by atoms with Crippen molar-refractivity contribution in [2.75, 3.05) is 16.3 Å². The number of amides is 1. The number of halogens is 1. The molecule has 0 bridgehead atoms. The third-order valence-electron chi connectivity index (χ3n) is 3.44. The predicted octanol–water partition coefficient (Wildman–Crippen LogP) is 2.66. The Morgan fingerprint density at radius 3 is 2.56 bits per heavy atom. The normalized spacial score (nSPS) is 11.2. The fourth-order valence-corrected chi connectivity index (χ4v) is 2.89. The molecule has 0 unspecified atom stereocenters. The number of para-hydroxylation sites is 1. The molecular formula is C17H13FN2O6S. The van der Waals surface area contributed by atoms with Gasteiger partial charge < -0.3 is 14.5 Å². The summed E-state index contributed by atoms with van der Waals surface area (Å²) in [6, 6.07) is 7.95. The highest BCUT2D eigenvalue weighted by Crippen LogP contribution is 2.34. The van der Waals surface area contributed by atoms with Crippen LogP contribution in [0.5, 0.6) is 11.5 Å². The van der Waals surface area contributed by atoms with Crippen LogP contribution in [0.4, 0.5) is 15.8 Å². The maximum Gasteiger partial charge on any atom is 0.229 e. The van der Waals surface area contributed by atoms with E-state index in [4.69, 9.17) is 9.15 Å². The van der Waals surface area contributed by atoms with Gasteiger partial charge in [-0.1, -0.05) is 12.1 Å². The number of hydrogen-bond acceptors (Lipinski definition) is 6. The van der Waals surface area contributed by atoms with Crippen LogP contribution >= 0.6 is 0 Å². The average Bonchev–Trinajstić information content (AvgIpc) is 2.59. The molecule has 3 rings (SSSR count). The molecule has 10 heteroatoms. The monoisotopic (exact) mass is 392 g/mol. The van der Waals surface area contributed by atoms with Crippen LogP contribution in [0.1, 0.15) is 0 Å². The molecule has 1 amide bonds. The summed E-state index contributed by atoms with van der Waals surface area (Å²) in [5.41, 5.74) is -0.693. The standard InChI is InChI=1S/C17H13FN2O6S/c1-27(23,24)20-12-7-15-10(17(22)13(8-25-15)19-9-21)6-16(12)26-14-5-3-2-4-11(14)18/h2-9,20H,1H3,(H,19,21). The van der Waals surface area contributed by atoms with E-state index in [0.29, 0.717) is 6.41 Å². The first-order valence-electron chi connectivity index (χ1n) is 7.48. The Morgan fingerprint density at radius 2 is 1.89 bits per heavy atom. The van der Waals surface area contributed by atoms with Gasteiger partial charge in [-0.25, -0.2) is 12.8 Å². The highest BCUT2D eigenvalue weighted by molar-refractivity contribution is 7.92. The maximum atomic E-state index is 13.9. The molecular weight excluding hydrogens is 379 g/mol. The summed E-state index contributed by atoms with van der Waals surface area (Å²) in [5, 5.41) is 2.21. The summed E-state index contributed by atoms with van der Waals surface area (Å²) >= 11 is 0. The zero-order valence-electron chi connectivity index (χ0n) is 13.9. The van der Waals surface area contributed by atoms with E-state index in [-0.39, 0.29) is 33.8 Å². The lowest BCUT2D eigenvalue weighted by Gasteiger charge is -2.13. The molecule has 0 spiro atoms. The van der Waals surface area contributed by atoms with Crippen molar-refractivity contribution in [3.8, 4) is 11.5 Å². The third-order valence-corrected chi connectivity index (χ3v) is 4.03. The van der Waals surface area contributed by atoms with Gasteiger partial charge in [-0.05, 0) is 18.2 Å². The molecule has 8 nitrogen and oxygen atoms in total. The largest absolute Gasteiger partial charge is 0.462 e. The van der Waals surface area contributed by atoms with E-state index in [0.717, 1.165) is 12.5 Å². The average molecular weight is 392 g/mol. The molecule has 0 fully saturated rings. The SMILES string of the molecule is CS(=O)(=O)Nc1cc2occ(NC=O)c(=O)c2cc1Oc1ccccc1F. The lowest BCUT2D eigenvalue weighted by Crippen LogP contribution is -2.12. The van der Waals surface area contributed by atoms with E-state index in [1.807, 2.05) is 0 Å². The Kier molecular flexibility index (Phi) is 4.82. The van der Waals surface area contributed by atoms with Crippen LogP contribution in [0, 0.1) is 5.82 Å². The van der Waals surface area contributed by atoms with Crippen LogP contribution in [0.15, 0.2) is 51.9 Å². The van der Waals surface area contributed by atoms with Gasteiger partial charge in [0, 0.05) is 6.07 Å². The van der Waals surface area contributed by atoms with Crippen LogP contribution in [-0.4, -0.2) is 21.1 Å². The Morgan fingerprint density at radius 1 is 1.15 bits per heavy atom. The zero-order chi connectivity index (χ0) is 19.6. The van der Waals surface area contributed by atoms with Crippen molar-refractivity contribution >= 4 is 38.8 Å². The van der Waals surface area contributed by atoms with Gasteiger partial charge in [-0.3, -0.25) is 14.3 Å². The van der Waals surface area contributed by atoms with Crippen molar-refractivity contribution in [2.24, 2.45) is 0 Å². The number of anilines is 2. The summed E-state index contributed by atoms with van der Waals surface area (Å²) < 4.78 is 50.2. The Bertz CT molecular complexity index is 1190. The van der Waals surface area contributed by atoms with Crippen molar-refractivity contribution in [1.29, 1.82) is 0 Å². The molecule has 0 saturated heterocycles. The molecule has 1 aromatic heterocycles. The summed E-state index contributed by atoms with van der Waals surface area (Å²) in [4.78, 5) is 23.0. The van der Waals surface area contributed by atoms with Crippen molar-refractivity contribution in [2.45, 2.75) is 0 Å². The molecule has 0 saturated carbocycles. The quantitative estimate of drug-likeness (QED) is 0.623. The van der Waals surface area contributed by atoms with E-state index < -0.39 is 21.3 Å². The molecule has 0 aliphatic rings. The molecule has 0 aliphatic heterocycles. The number of carbonyl (C=O) groups is 1. The number of nitrogens with one attached hydrogen (secondary N) is 2. The highest BCUT2D eigenvalue weighted by atomic mass is 32.2. The minimum Gasteiger partial charge on any atom is -0.462 e. The Labute approximate surface area is 152 Å².